The smallest absolute Gasteiger partial charge is 0.235 e. The molecule has 128 valence electrons. The van der Waals surface area contributed by atoms with Gasteiger partial charge in [-0.2, -0.15) is 0 Å². The summed E-state index contributed by atoms with van der Waals surface area (Å²) in [6.07, 6.45) is 4.83. The van der Waals surface area contributed by atoms with Crippen LogP contribution in [0.15, 0.2) is 54.6 Å². The van der Waals surface area contributed by atoms with E-state index in [1.54, 1.807) is 0 Å². The summed E-state index contributed by atoms with van der Waals surface area (Å²) in [5.41, 5.74) is 2.22. The van der Waals surface area contributed by atoms with Gasteiger partial charge in [-0.1, -0.05) is 36.8 Å². The van der Waals surface area contributed by atoms with Crippen LogP contribution in [-0.4, -0.2) is 11.8 Å². The Labute approximate surface area is 147 Å². The quantitative estimate of drug-likeness (QED) is 0.865. The van der Waals surface area contributed by atoms with Gasteiger partial charge in [0.25, 0.3) is 0 Å². The minimum atomic E-state index is -0.403. The van der Waals surface area contributed by atoms with E-state index < -0.39 is 5.41 Å². The normalized spacial score (nSPS) is 18.1. The molecule has 2 saturated carbocycles. The molecule has 2 N–H and O–H groups in total. The van der Waals surface area contributed by atoms with Crippen LogP contribution in [0.1, 0.15) is 37.7 Å². The highest BCUT2D eigenvalue weighted by Gasteiger charge is 2.45. The van der Waals surface area contributed by atoms with Gasteiger partial charge >= 0.3 is 0 Å². The van der Waals surface area contributed by atoms with E-state index >= 15 is 0 Å². The van der Waals surface area contributed by atoms with Gasteiger partial charge < -0.3 is 10.6 Å². The molecule has 2 aliphatic rings. The summed E-state index contributed by atoms with van der Waals surface area (Å²) in [5, 5.41) is 5.96. The molecule has 4 heteroatoms. The van der Waals surface area contributed by atoms with Crippen molar-refractivity contribution in [2.24, 2.45) is 5.92 Å². The van der Waals surface area contributed by atoms with Gasteiger partial charge in [0.05, 0.1) is 5.41 Å². The number of benzene rings is 2. The van der Waals surface area contributed by atoms with Crippen LogP contribution in [0.3, 0.4) is 0 Å². The first-order valence-electron chi connectivity index (χ1n) is 8.95. The van der Waals surface area contributed by atoms with Crippen molar-refractivity contribution in [2.75, 3.05) is 10.6 Å². The third-order valence-electron chi connectivity index (χ3n) is 5.33. The number of rotatable bonds is 5. The highest BCUT2D eigenvalue weighted by atomic mass is 16.2. The number of hydrogen-bond donors (Lipinski definition) is 2. The molecule has 0 atom stereocenters. The highest BCUT2D eigenvalue weighted by molar-refractivity contribution is 6.00. The van der Waals surface area contributed by atoms with Crippen LogP contribution in [0.4, 0.5) is 11.4 Å². The number of amides is 2. The lowest BCUT2D eigenvalue weighted by Gasteiger charge is -2.40. The molecule has 4 rings (SSSR count). The third-order valence-corrected chi connectivity index (χ3v) is 5.33. The van der Waals surface area contributed by atoms with Crippen molar-refractivity contribution in [2.45, 2.75) is 37.5 Å². The Morgan fingerprint density at radius 2 is 1.44 bits per heavy atom. The molecule has 0 radical (unpaired) electrons. The minimum Gasteiger partial charge on any atom is -0.326 e. The Morgan fingerprint density at radius 1 is 0.840 bits per heavy atom. The van der Waals surface area contributed by atoms with Gasteiger partial charge in [0, 0.05) is 17.3 Å². The zero-order valence-electron chi connectivity index (χ0n) is 14.1. The predicted octanol–water partition coefficient (Wildman–Crippen LogP) is 4.10. The lowest BCUT2D eigenvalue weighted by molar-refractivity contribution is -0.124. The molecule has 2 aromatic carbocycles. The summed E-state index contributed by atoms with van der Waals surface area (Å²) in [7, 11) is 0. The van der Waals surface area contributed by atoms with E-state index in [1.165, 1.54) is 0 Å². The topological polar surface area (TPSA) is 58.2 Å². The highest BCUT2D eigenvalue weighted by Crippen LogP contribution is 2.44. The van der Waals surface area contributed by atoms with E-state index in [-0.39, 0.29) is 17.7 Å². The van der Waals surface area contributed by atoms with Crippen molar-refractivity contribution in [3.63, 3.8) is 0 Å². The molecule has 0 aliphatic heterocycles. The monoisotopic (exact) mass is 334 g/mol. The molecule has 0 bridgehead atoms. The van der Waals surface area contributed by atoms with Crippen LogP contribution >= 0.6 is 0 Å². The first-order chi connectivity index (χ1) is 12.2. The Balaban J connectivity index is 1.44. The molecule has 0 saturated heterocycles. The van der Waals surface area contributed by atoms with Gasteiger partial charge in [-0.05, 0) is 55.5 Å². The minimum absolute atomic E-state index is 0.0553. The molecule has 0 aromatic heterocycles. The molecular weight excluding hydrogens is 312 g/mol. The maximum absolute atomic E-state index is 12.9. The van der Waals surface area contributed by atoms with Crippen molar-refractivity contribution in [1.29, 1.82) is 0 Å². The lowest BCUT2D eigenvalue weighted by Crippen LogP contribution is -2.45. The van der Waals surface area contributed by atoms with Crippen molar-refractivity contribution >= 4 is 23.2 Å². The van der Waals surface area contributed by atoms with E-state index in [1.807, 2.05) is 54.6 Å². The van der Waals surface area contributed by atoms with E-state index in [4.69, 9.17) is 0 Å². The van der Waals surface area contributed by atoms with Crippen molar-refractivity contribution in [1.82, 2.24) is 0 Å². The number of anilines is 2. The fourth-order valence-corrected chi connectivity index (χ4v) is 3.41. The molecule has 4 nitrogen and oxygen atoms in total. The van der Waals surface area contributed by atoms with Gasteiger partial charge in [-0.25, -0.2) is 0 Å². The molecule has 2 aliphatic carbocycles. The Kier molecular flexibility index (Phi) is 4.04. The second kappa shape index (κ2) is 6.36. The van der Waals surface area contributed by atoms with E-state index in [9.17, 15) is 9.59 Å². The molecule has 2 fully saturated rings. The molecule has 0 heterocycles. The van der Waals surface area contributed by atoms with Crippen LogP contribution in [0, 0.1) is 5.92 Å². The van der Waals surface area contributed by atoms with E-state index in [0.717, 1.165) is 49.0 Å². The van der Waals surface area contributed by atoms with Crippen LogP contribution in [0.5, 0.6) is 0 Å². The van der Waals surface area contributed by atoms with Gasteiger partial charge in [-0.15, -0.1) is 0 Å². The van der Waals surface area contributed by atoms with E-state index in [0.29, 0.717) is 0 Å². The standard InChI is InChI=1S/C21H22N2O2/c24-19(15-7-8-15)22-17-9-11-18(12-10-17)23-20(25)21(13-4-14-21)16-5-2-1-3-6-16/h1-3,5-6,9-12,15H,4,7-8,13-14H2,(H,22,24)(H,23,25). The summed E-state index contributed by atoms with van der Waals surface area (Å²) in [6.45, 7) is 0. The van der Waals surface area contributed by atoms with Crippen LogP contribution < -0.4 is 10.6 Å². The molecule has 2 amide bonds. The largest absolute Gasteiger partial charge is 0.326 e. The van der Waals surface area contributed by atoms with Crippen molar-refractivity contribution in [3.8, 4) is 0 Å². The number of hydrogen-bond acceptors (Lipinski definition) is 2. The second-order valence-corrected chi connectivity index (χ2v) is 7.10. The second-order valence-electron chi connectivity index (χ2n) is 7.10. The number of nitrogens with one attached hydrogen (secondary N) is 2. The Morgan fingerprint density at radius 3 is 1.96 bits per heavy atom. The van der Waals surface area contributed by atoms with Gasteiger partial charge in [0.2, 0.25) is 11.8 Å². The zero-order valence-corrected chi connectivity index (χ0v) is 14.1. The first-order valence-corrected chi connectivity index (χ1v) is 8.95. The maximum Gasteiger partial charge on any atom is 0.235 e. The van der Waals surface area contributed by atoms with Gasteiger partial charge in [-0.3, -0.25) is 9.59 Å². The van der Waals surface area contributed by atoms with Crippen LogP contribution in [-0.2, 0) is 15.0 Å². The fourth-order valence-electron chi connectivity index (χ4n) is 3.41. The molecule has 25 heavy (non-hydrogen) atoms. The third kappa shape index (κ3) is 3.16. The average molecular weight is 334 g/mol. The number of carbonyl (C=O) groups is 2. The Hall–Kier alpha value is -2.62. The van der Waals surface area contributed by atoms with Gasteiger partial charge in [0.1, 0.15) is 0 Å². The SMILES string of the molecule is O=C(Nc1ccc(NC(=O)C2(c3ccccc3)CCC2)cc1)C1CC1. The summed E-state index contributed by atoms with van der Waals surface area (Å²) in [6, 6.07) is 17.4. The summed E-state index contributed by atoms with van der Waals surface area (Å²) < 4.78 is 0. The summed E-state index contributed by atoms with van der Waals surface area (Å²) in [4.78, 5) is 24.7. The Bertz CT molecular complexity index is 775. The number of carbonyl (C=O) groups excluding carboxylic acids is 2. The van der Waals surface area contributed by atoms with E-state index in [2.05, 4.69) is 10.6 Å². The summed E-state index contributed by atoms with van der Waals surface area (Å²) in [5.74, 6) is 0.331. The first kappa shape index (κ1) is 15.9. The fraction of sp³-hybridized carbons (Fsp3) is 0.333. The molecular formula is C21H22N2O2. The molecule has 0 spiro atoms. The molecule has 2 aromatic rings. The maximum atomic E-state index is 12.9. The lowest BCUT2D eigenvalue weighted by atomic mass is 9.64. The van der Waals surface area contributed by atoms with Crippen molar-refractivity contribution < 1.29 is 9.59 Å². The zero-order chi connectivity index (χ0) is 17.3. The van der Waals surface area contributed by atoms with Gasteiger partial charge in [0.15, 0.2) is 0 Å². The van der Waals surface area contributed by atoms with Crippen LogP contribution in [0.2, 0.25) is 0 Å². The average Bonchev–Trinajstić information content (AvgIpc) is 3.42. The van der Waals surface area contributed by atoms with Crippen LogP contribution in [0.25, 0.3) is 0 Å². The predicted molar refractivity (Wildman–Crippen MR) is 98.4 cm³/mol. The molecule has 0 unspecified atom stereocenters. The summed E-state index contributed by atoms with van der Waals surface area (Å²) >= 11 is 0. The van der Waals surface area contributed by atoms with Crippen molar-refractivity contribution in [3.05, 3.63) is 60.2 Å².